The summed E-state index contributed by atoms with van der Waals surface area (Å²) < 4.78 is 14.5. The highest BCUT2D eigenvalue weighted by molar-refractivity contribution is 5.88. The molecule has 13 aromatic carbocycles. The van der Waals surface area contributed by atoms with E-state index in [-0.39, 0.29) is 28.1 Å². The molecule has 568 valence electrons. The average Bonchev–Trinajstić information content (AvgIpc) is 1.52. The van der Waals surface area contributed by atoms with Gasteiger partial charge in [0.2, 0.25) is 0 Å². The molecular weight excluding hydrogens is 1430 g/mol. The summed E-state index contributed by atoms with van der Waals surface area (Å²) in [5, 5.41) is 51.3. The summed E-state index contributed by atoms with van der Waals surface area (Å²) >= 11 is 0. The molecule has 0 amide bonds. The minimum atomic E-state index is 0.0489. The third-order valence-electron chi connectivity index (χ3n) is 20.8. The van der Waals surface area contributed by atoms with Gasteiger partial charge in [-0.1, -0.05) is 211 Å². The van der Waals surface area contributed by atoms with Gasteiger partial charge in [-0.05, 0) is 217 Å². The van der Waals surface area contributed by atoms with Gasteiger partial charge in [0, 0.05) is 11.9 Å². The van der Waals surface area contributed by atoms with E-state index in [4.69, 9.17) is 9.97 Å². The molecule has 0 aliphatic carbocycles. The number of imidazole rings is 3. The molecule has 0 saturated heterocycles. The van der Waals surface area contributed by atoms with Crippen molar-refractivity contribution in [3.63, 3.8) is 0 Å². The molecule has 0 bridgehead atoms. The summed E-state index contributed by atoms with van der Waals surface area (Å²) in [6, 6.07) is 105. The van der Waals surface area contributed by atoms with Crippen LogP contribution in [-0.2, 0) is 5.41 Å². The number of benzene rings is 13. The Bertz CT molecular complexity index is 6820. The number of phenolic OH excluding ortho intramolecular Hbond substituents is 5. The Balaban J connectivity index is 0.000000104. The number of nitrogens with zero attached hydrogens (tertiary/aromatic N) is 13. The molecule has 18 heteroatoms. The van der Waals surface area contributed by atoms with Crippen molar-refractivity contribution in [1.82, 2.24) is 61.8 Å². The number of rotatable bonds is 11. The molecule has 0 unspecified atom stereocenters. The first-order valence-electron chi connectivity index (χ1n) is 38.3. The van der Waals surface area contributed by atoms with E-state index in [0.29, 0.717) is 28.5 Å². The third-order valence-corrected chi connectivity index (χ3v) is 20.8. The molecule has 0 radical (unpaired) electrons. The zero-order valence-corrected chi connectivity index (χ0v) is 64.9. The number of pyridine rings is 1. The van der Waals surface area contributed by atoms with Crippen LogP contribution in [0.5, 0.6) is 28.7 Å². The maximum atomic E-state index is 10.4. The first kappa shape index (κ1) is 73.0. The van der Waals surface area contributed by atoms with Crippen LogP contribution in [-0.4, -0.2) is 87.3 Å². The number of aryl methyl sites for hydroxylation is 3. The molecule has 8 heterocycles. The second-order valence-electron chi connectivity index (χ2n) is 30.7. The van der Waals surface area contributed by atoms with Gasteiger partial charge < -0.3 is 25.5 Å². The van der Waals surface area contributed by atoms with E-state index in [9.17, 15) is 25.5 Å². The van der Waals surface area contributed by atoms with Gasteiger partial charge in [-0.3, -0.25) is 13.7 Å². The van der Waals surface area contributed by atoms with E-state index in [2.05, 4.69) is 171 Å². The van der Waals surface area contributed by atoms with Gasteiger partial charge in [0.1, 0.15) is 73.8 Å². The molecule has 5 N–H and O–H groups in total. The van der Waals surface area contributed by atoms with Crippen LogP contribution in [0.1, 0.15) is 63.3 Å². The van der Waals surface area contributed by atoms with Crippen LogP contribution in [0.3, 0.4) is 0 Å². The standard InChI is InChI=1S/C20H25N3O.C20H16N2O.2C19H15N3O.C19H14N2O/c1-19(2,3)13-20(4,5)14-10-11-18(24)17(12-14)23-21-15-8-6-7-9-16(15)22(21)23;1-14-8-2-5-11-17(14)22-18-12-6-4-10-16(18)21-20(22)15-9-3-7-13-19(15)23;1-13-7-10-19(23)18(11-13)22-20-16-9-8-15(12-17(16)21(20)22)14-5-3-2-4-6-14;1-13-7-2-4-9-15(13)22-16-10-6-12-20-18(16)21-19(22)14-8-3-5-11-17(14)23;22-18-13-7-4-10-15(18)19-20-16-11-5-6-12-17(16)21(19)14-8-2-1-3-9-14/h6-12,24H,13H2,1-5H3;2-13,23H,1H3;2*2-12,23H,1H3;1-13,22H. The molecule has 21 rings (SSSR count). The summed E-state index contributed by atoms with van der Waals surface area (Å²) in [6.07, 6.45) is 2.81. The molecule has 0 atom stereocenters. The van der Waals surface area contributed by atoms with Crippen LogP contribution in [0.2, 0.25) is 0 Å². The summed E-state index contributed by atoms with van der Waals surface area (Å²) in [6.45, 7) is 17.5. The Morgan fingerprint density at radius 1 is 0.304 bits per heavy atom. The molecule has 0 aliphatic heterocycles. The highest BCUT2D eigenvalue weighted by atomic mass is 16.3. The number of fused-ring (bicyclic) bond motifs is 11. The maximum absolute atomic E-state index is 10.4. The SMILES string of the molecule is CC(C)(C)CC(C)(C)c1ccc(O)c(-n2n3c4ccccc4n23)c1.Cc1ccc(O)c(-n2n3c4ccc(-c5ccccc5)cc4n23)c1.Cc1ccccc1-n1c(-c2ccccc2O)nc2ccccc21.Cc1ccccc1-n1c(-c2ccccc2O)nc2ncccc21.Oc1ccccc1-c1nc2ccccc2n1-c1ccccc1. The molecule has 0 aliphatic rings. The minimum absolute atomic E-state index is 0.0489. The van der Waals surface area contributed by atoms with Crippen molar-refractivity contribution in [2.24, 2.45) is 5.41 Å². The Hall–Kier alpha value is -14.8. The molecule has 0 saturated carbocycles. The van der Waals surface area contributed by atoms with Crippen LogP contribution in [0.25, 0.3) is 129 Å². The van der Waals surface area contributed by atoms with Gasteiger partial charge in [-0.15, -0.1) is 28.1 Å². The summed E-state index contributed by atoms with van der Waals surface area (Å²) in [5.74, 6) is 3.45. The molecule has 18 nitrogen and oxygen atoms in total. The number of phenols is 5. The lowest BCUT2D eigenvalue weighted by Crippen LogP contribution is -2.24. The van der Waals surface area contributed by atoms with E-state index in [1.54, 1.807) is 36.5 Å². The molecule has 0 spiro atoms. The summed E-state index contributed by atoms with van der Waals surface area (Å²) in [7, 11) is 0. The number of hydrogen-bond donors (Lipinski definition) is 5. The van der Waals surface area contributed by atoms with Gasteiger partial charge in [0.25, 0.3) is 0 Å². The van der Waals surface area contributed by atoms with Crippen LogP contribution < -0.4 is 0 Å². The number of aromatic nitrogens is 13. The highest BCUT2D eigenvalue weighted by Crippen LogP contribution is 2.42. The van der Waals surface area contributed by atoms with Gasteiger partial charge >= 0.3 is 0 Å². The number of para-hydroxylation sites is 12. The number of hydrogen-bond acceptors (Lipinski definition) is 9. The summed E-state index contributed by atoms with van der Waals surface area (Å²) in [4.78, 5) is 22.5. The van der Waals surface area contributed by atoms with E-state index in [1.165, 1.54) is 27.7 Å². The lowest BCUT2D eigenvalue weighted by atomic mass is 9.72. The molecule has 0 fully saturated rings. The minimum Gasteiger partial charge on any atom is -0.507 e. The lowest BCUT2D eigenvalue weighted by molar-refractivity contribution is 0.284. The molecule has 21 aromatic rings. The molecular formula is C97H85N13O5. The van der Waals surface area contributed by atoms with E-state index in [0.717, 1.165) is 113 Å². The predicted molar refractivity (Wildman–Crippen MR) is 460 cm³/mol. The average molecular weight is 1510 g/mol. The van der Waals surface area contributed by atoms with Crippen molar-refractivity contribution in [3.8, 4) is 102 Å². The molecule has 8 aromatic heterocycles. The van der Waals surface area contributed by atoms with Gasteiger partial charge in [-0.2, -0.15) is 0 Å². The van der Waals surface area contributed by atoms with Crippen LogP contribution >= 0.6 is 0 Å². The highest BCUT2D eigenvalue weighted by Gasteiger charge is 2.32. The quantitative estimate of drug-likeness (QED) is 0.0837. The largest absolute Gasteiger partial charge is 0.507 e. The predicted octanol–water partition coefficient (Wildman–Crippen LogP) is 22.1. The second kappa shape index (κ2) is 29.8. The second-order valence-corrected chi connectivity index (χ2v) is 30.7. The Morgan fingerprint density at radius 2 is 0.722 bits per heavy atom. The zero-order chi connectivity index (χ0) is 79.4. The van der Waals surface area contributed by atoms with Gasteiger partial charge in [-0.25, -0.2) is 19.9 Å². The van der Waals surface area contributed by atoms with E-state index < -0.39 is 0 Å². The van der Waals surface area contributed by atoms with Crippen molar-refractivity contribution in [2.45, 2.75) is 67.2 Å². The third kappa shape index (κ3) is 14.0. The zero-order valence-electron chi connectivity index (χ0n) is 64.9. The van der Waals surface area contributed by atoms with E-state index in [1.807, 2.05) is 227 Å². The Labute approximate surface area is 663 Å². The van der Waals surface area contributed by atoms with Crippen LogP contribution in [0.4, 0.5) is 0 Å². The Morgan fingerprint density at radius 3 is 1.26 bits per heavy atom. The topological polar surface area (TPSA) is 195 Å². The lowest BCUT2D eigenvalue weighted by Gasteiger charge is -2.33. The van der Waals surface area contributed by atoms with Crippen LogP contribution in [0.15, 0.2) is 328 Å². The van der Waals surface area contributed by atoms with E-state index >= 15 is 0 Å². The van der Waals surface area contributed by atoms with Gasteiger partial charge in [0.05, 0.1) is 55.6 Å². The van der Waals surface area contributed by atoms with Crippen LogP contribution in [0, 0.1) is 26.2 Å². The smallest absolute Gasteiger partial charge is 0.178 e. The fourth-order valence-electron chi connectivity index (χ4n) is 15.6. The van der Waals surface area contributed by atoms with Crippen molar-refractivity contribution >= 4 is 55.3 Å². The van der Waals surface area contributed by atoms with Crippen molar-refractivity contribution in [3.05, 3.63) is 350 Å². The van der Waals surface area contributed by atoms with Crippen molar-refractivity contribution in [1.29, 1.82) is 0 Å². The number of aromatic hydroxyl groups is 5. The van der Waals surface area contributed by atoms with Crippen molar-refractivity contribution in [2.75, 3.05) is 0 Å². The fourth-order valence-corrected chi connectivity index (χ4v) is 15.6. The van der Waals surface area contributed by atoms with Crippen molar-refractivity contribution < 1.29 is 25.5 Å². The normalized spacial score (nSPS) is 11.7. The summed E-state index contributed by atoms with van der Waals surface area (Å²) in [5.41, 5.74) is 24.4. The monoisotopic (exact) mass is 1510 g/mol. The first-order valence-corrected chi connectivity index (χ1v) is 38.3. The van der Waals surface area contributed by atoms with Gasteiger partial charge in [0.15, 0.2) is 11.5 Å². The first-order chi connectivity index (χ1) is 55.8. The maximum Gasteiger partial charge on any atom is 0.178 e. The molecule has 115 heavy (non-hydrogen) atoms. The fraction of sp³-hybridized carbons (Fsp3) is 0.113. The Kier molecular flexibility index (Phi) is 18.9.